The molecule has 0 aliphatic carbocycles. The van der Waals surface area contributed by atoms with Gasteiger partial charge in [-0.05, 0) is 43.2 Å². The van der Waals surface area contributed by atoms with E-state index in [2.05, 4.69) is 20.3 Å². The second kappa shape index (κ2) is 10.8. The Labute approximate surface area is 207 Å². The Bertz CT molecular complexity index is 1400. The summed E-state index contributed by atoms with van der Waals surface area (Å²) >= 11 is 1.33. The average molecular weight is 509 g/mol. The van der Waals surface area contributed by atoms with Crippen molar-refractivity contribution < 1.29 is 18.0 Å². The monoisotopic (exact) mass is 508 g/mol. The van der Waals surface area contributed by atoms with Crippen LogP contribution in [0, 0.1) is 6.92 Å². The lowest BCUT2D eigenvalue weighted by Gasteiger charge is -2.19. The molecule has 1 heterocycles. The highest BCUT2D eigenvalue weighted by Gasteiger charge is 2.26. The van der Waals surface area contributed by atoms with E-state index in [0.717, 1.165) is 21.3 Å². The van der Waals surface area contributed by atoms with Crippen LogP contribution in [0.2, 0.25) is 0 Å². The normalized spacial score (nSPS) is 12.3. The number of rotatable bonds is 9. The molecule has 0 aliphatic heterocycles. The van der Waals surface area contributed by atoms with Gasteiger partial charge in [-0.2, -0.15) is 4.72 Å². The molecule has 0 saturated heterocycles. The minimum absolute atomic E-state index is 0.0579. The zero-order valence-corrected chi connectivity index (χ0v) is 20.5. The zero-order chi connectivity index (χ0) is 24.8. The second-order valence-electron chi connectivity index (χ2n) is 7.93. The van der Waals surface area contributed by atoms with E-state index >= 15 is 0 Å². The topological polar surface area (TPSA) is 117 Å². The number of carbonyl (C=O) groups excluding carboxylic acids is 2. The van der Waals surface area contributed by atoms with E-state index in [9.17, 15) is 18.0 Å². The summed E-state index contributed by atoms with van der Waals surface area (Å²) in [4.78, 5) is 29.8. The van der Waals surface area contributed by atoms with E-state index in [1.54, 1.807) is 24.3 Å². The first kappa shape index (κ1) is 24.5. The van der Waals surface area contributed by atoms with Crippen LogP contribution in [-0.4, -0.2) is 37.8 Å². The number of aromatic nitrogens is 1. The van der Waals surface area contributed by atoms with Crippen LogP contribution in [0.25, 0.3) is 10.2 Å². The predicted molar refractivity (Wildman–Crippen MR) is 137 cm³/mol. The summed E-state index contributed by atoms with van der Waals surface area (Å²) < 4.78 is 29.3. The van der Waals surface area contributed by atoms with Gasteiger partial charge in [0, 0.05) is 0 Å². The van der Waals surface area contributed by atoms with Gasteiger partial charge in [-0.15, -0.1) is 0 Å². The lowest BCUT2D eigenvalue weighted by molar-refractivity contribution is -0.125. The fraction of sp³-hybridized carbons (Fsp3) is 0.160. The maximum atomic E-state index is 13.0. The second-order valence-corrected chi connectivity index (χ2v) is 10.7. The van der Waals surface area contributed by atoms with Gasteiger partial charge in [0.15, 0.2) is 5.13 Å². The van der Waals surface area contributed by atoms with Crippen molar-refractivity contribution in [2.24, 2.45) is 0 Å². The molecule has 3 N–H and O–H groups in total. The number of nitrogens with one attached hydrogen (secondary N) is 3. The van der Waals surface area contributed by atoms with Crippen LogP contribution in [0.15, 0.2) is 83.8 Å². The van der Waals surface area contributed by atoms with Crippen LogP contribution >= 0.6 is 11.3 Å². The molecule has 0 bridgehead atoms. The molecule has 1 atom stereocenters. The summed E-state index contributed by atoms with van der Waals surface area (Å²) in [7, 11) is -3.96. The first-order chi connectivity index (χ1) is 16.8. The number of aryl methyl sites for hydroxylation is 1. The number of thiazole rings is 1. The molecule has 2 amide bonds. The Hall–Kier alpha value is -3.60. The van der Waals surface area contributed by atoms with E-state index in [0.29, 0.717) is 5.13 Å². The van der Waals surface area contributed by atoms with Gasteiger partial charge in [0.25, 0.3) is 0 Å². The Morgan fingerprint density at radius 1 is 0.943 bits per heavy atom. The molecular weight excluding hydrogens is 484 g/mol. The molecule has 3 aromatic carbocycles. The van der Waals surface area contributed by atoms with Crippen LogP contribution in [-0.2, 0) is 26.0 Å². The summed E-state index contributed by atoms with van der Waals surface area (Å²) in [5, 5.41) is 5.63. The molecule has 0 spiro atoms. The number of anilines is 1. The molecular formula is C25H24N4O4S2. The Morgan fingerprint density at radius 3 is 2.34 bits per heavy atom. The lowest BCUT2D eigenvalue weighted by Crippen LogP contribution is -2.49. The quantitative estimate of drug-likeness (QED) is 0.321. The summed E-state index contributed by atoms with van der Waals surface area (Å²) in [6, 6.07) is 21.8. The molecule has 35 heavy (non-hydrogen) atoms. The molecule has 4 rings (SSSR count). The lowest BCUT2D eigenvalue weighted by atomic mass is 10.1. The van der Waals surface area contributed by atoms with Crippen molar-refractivity contribution >= 4 is 48.5 Å². The minimum Gasteiger partial charge on any atom is -0.346 e. The number of hydrogen-bond acceptors (Lipinski definition) is 6. The molecule has 8 nitrogen and oxygen atoms in total. The molecule has 180 valence electrons. The van der Waals surface area contributed by atoms with Crippen LogP contribution in [0.5, 0.6) is 0 Å². The Kier molecular flexibility index (Phi) is 7.54. The molecule has 0 radical (unpaired) electrons. The van der Waals surface area contributed by atoms with Crippen LogP contribution in [0.4, 0.5) is 5.13 Å². The number of hydrogen-bond donors (Lipinski definition) is 3. The number of fused-ring (bicyclic) bond motifs is 1. The molecule has 4 aromatic rings. The smallest absolute Gasteiger partial charge is 0.245 e. The number of benzene rings is 3. The third-order valence-electron chi connectivity index (χ3n) is 5.19. The molecule has 1 aromatic heterocycles. The minimum atomic E-state index is -3.96. The van der Waals surface area contributed by atoms with Crippen LogP contribution in [0.1, 0.15) is 11.1 Å². The van der Waals surface area contributed by atoms with E-state index < -0.39 is 27.9 Å². The van der Waals surface area contributed by atoms with Crippen molar-refractivity contribution in [2.75, 3.05) is 11.9 Å². The van der Waals surface area contributed by atoms with E-state index in [1.165, 1.54) is 23.5 Å². The van der Waals surface area contributed by atoms with E-state index in [4.69, 9.17) is 0 Å². The van der Waals surface area contributed by atoms with E-state index in [1.807, 2.05) is 49.4 Å². The van der Waals surface area contributed by atoms with E-state index in [-0.39, 0.29) is 17.9 Å². The van der Waals surface area contributed by atoms with Gasteiger partial charge in [-0.3, -0.25) is 9.59 Å². The van der Waals surface area contributed by atoms with Crippen molar-refractivity contribution in [1.82, 2.24) is 15.0 Å². The summed E-state index contributed by atoms with van der Waals surface area (Å²) in [6.45, 7) is 1.53. The summed E-state index contributed by atoms with van der Waals surface area (Å²) in [5.74, 6) is -1.07. The summed E-state index contributed by atoms with van der Waals surface area (Å²) in [5.41, 5.74) is 2.46. The number of nitrogens with zero attached hydrogens (tertiary/aromatic N) is 1. The number of sulfonamides is 1. The van der Waals surface area contributed by atoms with Crippen LogP contribution in [0.3, 0.4) is 0 Å². The zero-order valence-electron chi connectivity index (χ0n) is 18.9. The van der Waals surface area contributed by atoms with Crippen molar-refractivity contribution in [1.29, 1.82) is 0 Å². The van der Waals surface area contributed by atoms with Gasteiger partial charge in [0.05, 0.1) is 21.7 Å². The number of para-hydroxylation sites is 1. The SMILES string of the molecule is Cc1ccc(S(=O)(=O)N[C@@H](Cc2ccccc2)C(=O)NCC(=O)Nc2nc3ccccc3s2)cc1. The number of carbonyl (C=O) groups is 2. The highest BCUT2D eigenvalue weighted by atomic mass is 32.2. The fourth-order valence-corrected chi connectivity index (χ4v) is 5.47. The van der Waals surface area contributed by atoms with Crippen LogP contribution < -0.4 is 15.4 Å². The van der Waals surface area contributed by atoms with Crippen molar-refractivity contribution in [3.05, 3.63) is 90.0 Å². The Morgan fingerprint density at radius 2 is 1.63 bits per heavy atom. The highest BCUT2D eigenvalue weighted by molar-refractivity contribution is 7.89. The molecule has 0 aliphatic rings. The largest absolute Gasteiger partial charge is 0.346 e. The third kappa shape index (κ3) is 6.50. The van der Waals surface area contributed by atoms with Crippen molar-refractivity contribution in [3.8, 4) is 0 Å². The van der Waals surface area contributed by atoms with Gasteiger partial charge in [-0.25, -0.2) is 13.4 Å². The van der Waals surface area contributed by atoms with Gasteiger partial charge < -0.3 is 10.6 Å². The number of amides is 2. The maximum absolute atomic E-state index is 13.0. The highest BCUT2D eigenvalue weighted by Crippen LogP contribution is 2.25. The summed E-state index contributed by atoms with van der Waals surface area (Å²) in [6.07, 6.45) is 0.122. The molecule has 0 saturated carbocycles. The van der Waals surface area contributed by atoms with Crippen molar-refractivity contribution in [3.63, 3.8) is 0 Å². The fourth-order valence-electron chi connectivity index (χ4n) is 3.39. The third-order valence-corrected chi connectivity index (χ3v) is 7.63. The average Bonchev–Trinajstić information content (AvgIpc) is 3.25. The van der Waals surface area contributed by atoms with Gasteiger partial charge in [0.2, 0.25) is 21.8 Å². The predicted octanol–water partition coefficient (Wildman–Crippen LogP) is 3.25. The van der Waals surface area contributed by atoms with Gasteiger partial charge in [0.1, 0.15) is 6.04 Å². The molecule has 0 unspecified atom stereocenters. The van der Waals surface area contributed by atoms with Gasteiger partial charge >= 0.3 is 0 Å². The van der Waals surface area contributed by atoms with Gasteiger partial charge in [-0.1, -0.05) is 71.5 Å². The van der Waals surface area contributed by atoms with Crippen molar-refractivity contribution in [2.45, 2.75) is 24.3 Å². The Balaban J connectivity index is 1.44. The molecule has 0 fully saturated rings. The maximum Gasteiger partial charge on any atom is 0.245 e. The first-order valence-corrected chi connectivity index (χ1v) is 13.2. The first-order valence-electron chi connectivity index (χ1n) is 10.9. The standard InChI is InChI=1S/C25H24N4O4S2/c1-17-11-13-19(14-12-17)35(32,33)29-21(15-18-7-3-2-4-8-18)24(31)26-16-23(30)28-25-27-20-9-5-6-10-22(20)34-25/h2-14,21,29H,15-16H2,1H3,(H,26,31)(H,27,28,30)/t21-/m0/s1. The molecule has 10 heteroatoms.